The van der Waals surface area contributed by atoms with Crippen molar-refractivity contribution in [1.82, 2.24) is 15.5 Å². The van der Waals surface area contributed by atoms with Crippen LogP contribution in [0, 0.1) is 5.92 Å². The molecule has 144 valence electrons. The molecule has 0 atom stereocenters. The van der Waals surface area contributed by atoms with E-state index >= 15 is 0 Å². The average molecular weight is 377 g/mol. The van der Waals surface area contributed by atoms with Crippen LogP contribution in [0.5, 0.6) is 0 Å². The minimum absolute atomic E-state index is 0.190. The molecule has 0 amide bonds. The van der Waals surface area contributed by atoms with E-state index in [1.54, 1.807) is 0 Å². The van der Waals surface area contributed by atoms with Crippen molar-refractivity contribution in [2.24, 2.45) is 5.92 Å². The zero-order valence-electron chi connectivity index (χ0n) is 15.8. The lowest BCUT2D eigenvalue weighted by Crippen LogP contribution is -2.43. The fourth-order valence-corrected chi connectivity index (χ4v) is 3.51. The van der Waals surface area contributed by atoms with E-state index in [-0.39, 0.29) is 5.92 Å². The van der Waals surface area contributed by atoms with Gasteiger partial charge >= 0.3 is 5.97 Å². The smallest absolute Gasteiger partial charge is 0.306 e. The van der Waals surface area contributed by atoms with Crippen LogP contribution < -0.4 is 5.32 Å². The number of rotatable bonds is 7. The topological polar surface area (TPSA) is 88.2 Å². The minimum atomic E-state index is -0.691. The third kappa shape index (κ3) is 3.82. The number of aromatic nitrogens is 2. The van der Waals surface area contributed by atoms with Gasteiger partial charge < -0.3 is 14.9 Å². The second-order valence-electron chi connectivity index (χ2n) is 7.22. The van der Waals surface area contributed by atoms with Crippen LogP contribution in [0.2, 0.25) is 0 Å². The molecular weight excluding hydrogens is 354 g/mol. The maximum atomic E-state index is 10.9. The Balaban J connectivity index is 1.39. The Morgan fingerprint density at radius 1 is 1.18 bits per heavy atom. The molecule has 1 aliphatic rings. The van der Waals surface area contributed by atoms with Crippen molar-refractivity contribution in [3.63, 3.8) is 0 Å². The molecule has 0 unspecified atom stereocenters. The molecule has 1 fully saturated rings. The van der Waals surface area contributed by atoms with Crippen LogP contribution in [0.25, 0.3) is 22.8 Å². The Hall–Kier alpha value is -2.99. The summed E-state index contributed by atoms with van der Waals surface area (Å²) in [6.07, 6.45) is 2.32. The number of hydrogen-bond acceptors (Lipinski definition) is 5. The van der Waals surface area contributed by atoms with Gasteiger partial charge in [-0.15, -0.1) is 0 Å². The molecule has 0 spiro atoms. The zero-order chi connectivity index (χ0) is 19.5. The highest BCUT2D eigenvalue weighted by Gasteiger charge is 2.33. The van der Waals surface area contributed by atoms with E-state index in [1.807, 2.05) is 42.5 Å². The third-order valence-corrected chi connectivity index (χ3v) is 5.35. The van der Waals surface area contributed by atoms with Crippen LogP contribution in [-0.2, 0) is 17.8 Å². The van der Waals surface area contributed by atoms with E-state index in [9.17, 15) is 4.79 Å². The van der Waals surface area contributed by atoms with Crippen LogP contribution in [0.3, 0.4) is 0 Å². The van der Waals surface area contributed by atoms with Gasteiger partial charge in [-0.25, -0.2) is 0 Å². The first-order valence-electron chi connectivity index (χ1n) is 9.61. The summed E-state index contributed by atoms with van der Waals surface area (Å²) in [5, 5.41) is 16.5. The number of nitrogens with zero attached hydrogens (tertiary/aromatic N) is 2. The van der Waals surface area contributed by atoms with Gasteiger partial charge in [0.05, 0.1) is 5.92 Å². The van der Waals surface area contributed by atoms with Crippen LogP contribution in [0.4, 0.5) is 0 Å². The van der Waals surface area contributed by atoms with Crippen LogP contribution in [0.1, 0.15) is 30.9 Å². The SMILES string of the molecule is CCc1ccccc1-c1nc(-c2ccc(CNC3CC(C(=O)O)C3)cc2)no1. The fraction of sp³-hybridized carbons (Fsp3) is 0.318. The van der Waals surface area contributed by atoms with E-state index in [4.69, 9.17) is 9.63 Å². The Labute approximate surface area is 163 Å². The molecule has 28 heavy (non-hydrogen) atoms. The summed E-state index contributed by atoms with van der Waals surface area (Å²) >= 11 is 0. The highest BCUT2D eigenvalue weighted by Crippen LogP contribution is 2.28. The van der Waals surface area contributed by atoms with E-state index < -0.39 is 5.97 Å². The summed E-state index contributed by atoms with van der Waals surface area (Å²) in [6, 6.07) is 16.4. The molecule has 2 aromatic carbocycles. The Kier molecular flexibility index (Phi) is 5.21. The van der Waals surface area contributed by atoms with Crippen molar-refractivity contribution >= 4 is 5.97 Å². The Bertz CT molecular complexity index is 959. The molecule has 0 aliphatic heterocycles. The van der Waals surface area contributed by atoms with Gasteiger partial charge in [0.2, 0.25) is 5.82 Å². The summed E-state index contributed by atoms with van der Waals surface area (Å²) in [5.41, 5.74) is 4.20. The summed E-state index contributed by atoms with van der Waals surface area (Å²) in [7, 11) is 0. The maximum absolute atomic E-state index is 10.9. The number of aliphatic carboxylic acids is 1. The van der Waals surface area contributed by atoms with Crippen LogP contribution in [-0.4, -0.2) is 27.3 Å². The summed E-state index contributed by atoms with van der Waals surface area (Å²) in [4.78, 5) is 15.4. The van der Waals surface area contributed by atoms with Crippen molar-refractivity contribution in [3.8, 4) is 22.8 Å². The van der Waals surface area contributed by atoms with Gasteiger partial charge in [0.25, 0.3) is 5.89 Å². The molecule has 0 saturated heterocycles. The summed E-state index contributed by atoms with van der Waals surface area (Å²) in [6.45, 7) is 2.83. The molecule has 1 saturated carbocycles. The molecule has 0 bridgehead atoms. The normalized spacial score (nSPS) is 18.6. The number of carboxylic acids is 1. The third-order valence-electron chi connectivity index (χ3n) is 5.35. The predicted molar refractivity (Wildman–Crippen MR) is 106 cm³/mol. The molecular formula is C22H23N3O3. The minimum Gasteiger partial charge on any atom is -0.481 e. The van der Waals surface area contributed by atoms with Crippen molar-refractivity contribution in [2.45, 2.75) is 38.8 Å². The number of benzene rings is 2. The Morgan fingerprint density at radius 2 is 1.93 bits per heavy atom. The van der Waals surface area contributed by atoms with Crippen LogP contribution >= 0.6 is 0 Å². The lowest BCUT2D eigenvalue weighted by Gasteiger charge is -2.33. The second-order valence-corrected chi connectivity index (χ2v) is 7.22. The fourth-order valence-electron chi connectivity index (χ4n) is 3.51. The average Bonchev–Trinajstić information content (AvgIpc) is 3.17. The van der Waals surface area contributed by atoms with Gasteiger partial charge in [-0.2, -0.15) is 4.98 Å². The molecule has 6 nitrogen and oxygen atoms in total. The predicted octanol–water partition coefficient (Wildman–Crippen LogP) is 3.92. The molecule has 1 aliphatic carbocycles. The number of carboxylic acid groups (broad SMARTS) is 1. The lowest BCUT2D eigenvalue weighted by atomic mass is 9.80. The zero-order valence-corrected chi connectivity index (χ0v) is 15.8. The first kappa shape index (κ1) is 18.4. The van der Waals surface area contributed by atoms with Gasteiger partial charge in [-0.05, 0) is 36.5 Å². The summed E-state index contributed by atoms with van der Waals surface area (Å²) < 4.78 is 5.49. The number of aryl methyl sites for hydroxylation is 1. The standard InChI is InChI=1S/C22H23N3O3/c1-2-15-5-3-4-6-19(15)21-24-20(25-28-21)16-9-7-14(8-10-16)13-23-18-11-17(12-18)22(26)27/h3-10,17-18,23H,2,11-13H2,1H3,(H,26,27). The van der Waals surface area contributed by atoms with Crippen molar-refractivity contribution in [3.05, 3.63) is 59.7 Å². The van der Waals surface area contributed by atoms with Gasteiger partial charge in [0.15, 0.2) is 0 Å². The lowest BCUT2D eigenvalue weighted by molar-refractivity contribution is -0.145. The first-order chi connectivity index (χ1) is 13.6. The van der Waals surface area contributed by atoms with Crippen LogP contribution in [0.15, 0.2) is 53.1 Å². The molecule has 2 N–H and O–H groups in total. The molecule has 4 rings (SSSR count). The van der Waals surface area contributed by atoms with Gasteiger partial charge in [-0.1, -0.05) is 54.5 Å². The van der Waals surface area contributed by atoms with E-state index in [0.717, 1.165) is 29.7 Å². The quantitative estimate of drug-likeness (QED) is 0.649. The van der Waals surface area contributed by atoms with E-state index in [1.165, 1.54) is 5.56 Å². The van der Waals surface area contributed by atoms with Gasteiger partial charge in [0, 0.05) is 23.7 Å². The molecule has 1 aromatic heterocycles. The second kappa shape index (κ2) is 7.94. The van der Waals surface area contributed by atoms with Crippen molar-refractivity contribution < 1.29 is 14.4 Å². The van der Waals surface area contributed by atoms with Crippen molar-refractivity contribution in [2.75, 3.05) is 0 Å². The molecule has 0 radical (unpaired) electrons. The highest BCUT2D eigenvalue weighted by atomic mass is 16.5. The molecule has 3 aromatic rings. The largest absolute Gasteiger partial charge is 0.481 e. The van der Waals surface area contributed by atoms with Gasteiger partial charge in [0.1, 0.15) is 0 Å². The molecule has 6 heteroatoms. The van der Waals surface area contributed by atoms with E-state index in [2.05, 4.69) is 28.4 Å². The first-order valence-corrected chi connectivity index (χ1v) is 9.61. The summed E-state index contributed by atoms with van der Waals surface area (Å²) in [5.74, 6) is 0.230. The monoisotopic (exact) mass is 377 g/mol. The molecule has 1 heterocycles. The van der Waals surface area contributed by atoms with Gasteiger partial charge in [-0.3, -0.25) is 4.79 Å². The van der Waals surface area contributed by atoms with Crippen molar-refractivity contribution in [1.29, 1.82) is 0 Å². The van der Waals surface area contributed by atoms with E-state index in [0.29, 0.717) is 30.6 Å². The number of hydrogen-bond donors (Lipinski definition) is 2. The number of nitrogens with one attached hydrogen (secondary N) is 1. The maximum Gasteiger partial charge on any atom is 0.306 e. The Morgan fingerprint density at radius 3 is 2.64 bits per heavy atom. The highest BCUT2D eigenvalue weighted by molar-refractivity contribution is 5.71. The number of carbonyl (C=O) groups is 1.